The summed E-state index contributed by atoms with van der Waals surface area (Å²) >= 11 is 0. The molecule has 1 saturated heterocycles. The first-order valence-electron chi connectivity index (χ1n) is 7.34. The van der Waals surface area contributed by atoms with Gasteiger partial charge in [-0.3, -0.25) is 0 Å². The van der Waals surface area contributed by atoms with E-state index in [1.807, 2.05) is 6.92 Å². The molecule has 116 valence electrons. The van der Waals surface area contributed by atoms with Gasteiger partial charge < -0.3 is 19.4 Å². The first-order chi connectivity index (χ1) is 9.00. The summed E-state index contributed by atoms with van der Waals surface area (Å²) in [6, 6.07) is -0.558. The Kier molecular flexibility index (Phi) is 5.53. The van der Waals surface area contributed by atoms with Gasteiger partial charge in [0.25, 0.3) is 0 Å². The average Bonchev–Trinajstić information content (AvgIpc) is 2.53. The van der Waals surface area contributed by atoms with Crippen LogP contribution < -0.4 is 0 Å². The average molecular weight is 300 g/mol. The van der Waals surface area contributed by atoms with Crippen molar-refractivity contribution >= 4 is 16.2 Å². The molecule has 2 radical (unpaired) electrons. The lowest BCUT2D eigenvalue weighted by Gasteiger charge is -2.40. The number of hydrogen-bond acceptors (Lipinski definition) is 4. The summed E-state index contributed by atoms with van der Waals surface area (Å²) in [4.78, 5) is 0. The van der Waals surface area contributed by atoms with Gasteiger partial charge in [-0.2, -0.15) is 0 Å². The maximum Gasteiger partial charge on any atom is 0.192 e. The summed E-state index contributed by atoms with van der Waals surface area (Å²) in [5.74, 6) is -0.0521. The second-order valence-electron chi connectivity index (χ2n) is 7.41. The Hall–Kier alpha value is 0.122. The predicted molar refractivity (Wildman–Crippen MR) is 83.4 cm³/mol. The molecule has 0 aliphatic carbocycles. The zero-order chi connectivity index (χ0) is 15.8. The van der Waals surface area contributed by atoms with Crippen molar-refractivity contribution in [3.8, 4) is 0 Å². The molecule has 0 aromatic carbocycles. The standard InChI is InChI=1S/C14H29BO4Si/c1-10-11(19-20(5,6)13(2,3)4)12(15)18-14(10,9-17)7-8-16/h10-12,16-17H,7-9H2,1-6H3/t10-,11?,12-,14-/m1/s1. The molecule has 20 heavy (non-hydrogen) atoms. The topological polar surface area (TPSA) is 58.9 Å². The van der Waals surface area contributed by atoms with Crippen LogP contribution in [0.5, 0.6) is 0 Å². The summed E-state index contributed by atoms with van der Waals surface area (Å²) in [5, 5.41) is 19.0. The van der Waals surface area contributed by atoms with Crippen LogP contribution in [-0.2, 0) is 9.16 Å². The van der Waals surface area contributed by atoms with Crippen LogP contribution in [-0.4, -0.2) is 57.3 Å². The van der Waals surface area contributed by atoms with E-state index in [-0.39, 0.29) is 30.3 Å². The van der Waals surface area contributed by atoms with Gasteiger partial charge in [-0.05, 0) is 18.1 Å². The van der Waals surface area contributed by atoms with Gasteiger partial charge in [0.05, 0.1) is 18.3 Å². The molecule has 2 N–H and O–H groups in total. The highest BCUT2D eigenvalue weighted by Crippen LogP contribution is 2.44. The Balaban J connectivity index is 2.92. The monoisotopic (exact) mass is 300 g/mol. The van der Waals surface area contributed by atoms with E-state index < -0.39 is 19.9 Å². The van der Waals surface area contributed by atoms with Gasteiger partial charge in [0.15, 0.2) is 8.32 Å². The molecule has 4 atom stereocenters. The Bertz CT molecular complexity index is 332. The summed E-state index contributed by atoms with van der Waals surface area (Å²) in [6.45, 7) is 12.7. The molecule has 1 rings (SSSR count). The van der Waals surface area contributed by atoms with E-state index in [4.69, 9.17) is 17.0 Å². The summed E-state index contributed by atoms with van der Waals surface area (Å²) < 4.78 is 12.2. The third kappa shape index (κ3) is 3.30. The number of rotatable bonds is 5. The third-order valence-corrected chi connectivity index (χ3v) is 9.53. The van der Waals surface area contributed by atoms with E-state index in [9.17, 15) is 10.2 Å². The molecule has 0 saturated carbocycles. The second kappa shape index (κ2) is 6.09. The first-order valence-corrected chi connectivity index (χ1v) is 10.2. The third-order valence-electron chi connectivity index (χ3n) is 5.06. The van der Waals surface area contributed by atoms with E-state index >= 15 is 0 Å². The highest BCUT2D eigenvalue weighted by molar-refractivity contribution is 6.74. The molecule has 1 unspecified atom stereocenters. The van der Waals surface area contributed by atoms with Gasteiger partial charge >= 0.3 is 0 Å². The smallest absolute Gasteiger partial charge is 0.192 e. The lowest BCUT2D eigenvalue weighted by atomic mass is 9.82. The zero-order valence-corrected chi connectivity index (χ0v) is 14.6. The fraction of sp³-hybridized carbons (Fsp3) is 1.00. The van der Waals surface area contributed by atoms with Crippen LogP contribution in [0.2, 0.25) is 18.1 Å². The zero-order valence-electron chi connectivity index (χ0n) is 13.6. The highest BCUT2D eigenvalue weighted by Gasteiger charge is 2.53. The second-order valence-corrected chi connectivity index (χ2v) is 12.2. The predicted octanol–water partition coefficient (Wildman–Crippen LogP) is 1.65. The minimum absolute atomic E-state index is 0.0373. The quantitative estimate of drug-likeness (QED) is 0.758. The number of aliphatic hydroxyl groups excluding tert-OH is 2. The highest BCUT2D eigenvalue weighted by atomic mass is 28.4. The number of aliphatic hydroxyl groups is 2. The fourth-order valence-corrected chi connectivity index (χ4v) is 3.82. The van der Waals surface area contributed by atoms with Crippen molar-refractivity contribution in [1.82, 2.24) is 0 Å². The Morgan fingerprint density at radius 2 is 1.85 bits per heavy atom. The van der Waals surface area contributed by atoms with Crippen molar-refractivity contribution in [2.75, 3.05) is 13.2 Å². The molecule has 4 nitrogen and oxygen atoms in total. The summed E-state index contributed by atoms with van der Waals surface area (Å²) in [5.41, 5.74) is -0.790. The molecular weight excluding hydrogens is 271 g/mol. The minimum atomic E-state index is -1.96. The van der Waals surface area contributed by atoms with Crippen LogP contribution in [0, 0.1) is 5.92 Å². The van der Waals surface area contributed by atoms with E-state index in [0.29, 0.717) is 6.42 Å². The minimum Gasteiger partial charge on any atom is -0.412 e. The van der Waals surface area contributed by atoms with Gasteiger partial charge in [-0.25, -0.2) is 0 Å². The van der Waals surface area contributed by atoms with Crippen molar-refractivity contribution in [3.05, 3.63) is 0 Å². The number of ether oxygens (including phenoxy) is 1. The van der Waals surface area contributed by atoms with Gasteiger partial charge in [-0.15, -0.1) is 0 Å². The lowest BCUT2D eigenvalue weighted by molar-refractivity contribution is -0.0813. The molecule has 0 aromatic rings. The van der Waals surface area contributed by atoms with Crippen LogP contribution in [0.3, 0.4) is 0 Å². The van der Waals surface area contributed by atoms with Crippen molar-refractivity contribution < 1.29 is 19.4 Å². The first kappa shape index (κ1) is 18.2. The van der Waals surface area contributed by atoms with Crippen molar-refractivity contribution in [2.45, 2.75) is 70.0 Å². The Labute approximate surface area is 125 Å². The van der Waals surface area contributed by atoms with E-state index in [2.05, 4.69) is 33.9 Å². The van der Waals surface area contributed by atoms with Crippen LogP contribution >= 0.6 is 0 Å². The fourth-order valence-electron chi connectivity index (χ4n) is 2.45. The molecule has 0 bridgehead atoms. The van der Waals surface area contributed by atoms with Crippen molar-refractivity contribution in [2.24, 2.45) is 5.92 Å². The lowest BCUT2D eigenvalue weighted by Crippen LogP contribution is -2.49. The Morgan fingerprint density at radius 1 is 1.30 bits per heavy atom. The largest absolute Gasteiger partial charge is 0.412 e. The van der Waals surface area contributed by atoms with Crippen LogP contribution in [0.25, 0.3) is 0 Å². The molecular formula is C14H29BO4Si. The molecule has 1 heterocycles. The van der Waals surface area contributed by atoms with Gasteiger partial charge in [0, 0.05) is 24.9 Å². The van der Waals surface area contributed by atoms with E-state index in [0.717, 1.165) is 0 Å². The van der Waals surface area contributed by atoms with Gasteiger partial charge in [0.2, 0.25) is 0 Å². The number of hydrogen-bond donors (Lipinski definition) is 2. The van der Waals surface area contributed by atoms with E-state index in [1.165, 1.54) is 0 Å². The van der Waals surface area contributed by atoms with Gasteiger partial charge in [-0.1, -0.05) is 27.7 Å². The maximum absolute atomic E-state index is 9.68. The molecule has 0 aromatic heterocycles. The van der Waals surface area contributed by atoms with E-state index in [1.54, 1.807) is 0 Å². The maximum atomic E-state index is 9.68. The van der Waals surface area contributed by atoms with Gasteiger partial charge in [0.1, 0.15) is 7.85 Å². The molecule has 1 fully saturated rings. The summed E-state index contributed by atoms with van der Waals surface area (Å²) in [7, 11) is 4.13. The van der Waals surface area contributed by atoms with Crippen LogP contribution in [0.15, 0.2) is 0 Å². The molecule has 1 aliphatic heterocycles. The summed E-state index contributed by atoms with van der Waals surface area (Å²) in [6.07, 6.45) is 0.130. The van der Waals surface area contributed by atoms with Crippen molar-refractivity contribution in [3.63, 3.8) is 0 Å². The van der Waals surface area contributed by atoms with Crippen LogP contribution in [0.4, 0.5) is 0 Å². The molecule has 0 spiro atoms. The SMILES string of the molecule is [B][C@@H]1O[C@@](CO)(CCO)[C@H](C)C1O[Si](C)(C)C(C)(C)C. The molecule has 1 aliphatic rings. The molecule has 6 heteroatoms. The van der Waals surface area contributed by atoms with Crippen molar-refractivity contribution in [1.29, 1.82) is 0 Å². The van der Waals surface area contributed by atoms with Crippen LogP contribution in [0.1, 0.15) is 34.1 Å². The Morgan fingerprint density at radius 3 is 2.25 bits per heavy atom. The normalized spacial score (nSPS) is 35.5. The molecule has 0 amide bonds.